The third-order valence-corrected chi connectivity index (χ3v) is 5.20. The zero-order valence-corrected chi connectivity index (χ0v) is 14.5. The van der Waals surface area contributed by atoms with E-state index < -0.39 is 5.41 Å². The Bertz CT molecular complexity index is 610. The number of ketones is 1. The molecule has 1 aliphatic carbocycles. The van der Waals surface area contributed by atoms with Gasteiger partial charge in [0.15, 0.2) is 12.4 Å². The van der Waals surface area contributed by atoms with Gasteiger partial charge in [-0.2, -0.15) is 0 Å². The van der Waals surface area contributed by atoms with E-state index in [0.29, 0.717) is 19.3 Å². The van der Waals surface area contributed by atoms with Crippen LogP contribution in [0.2, 0.25) is 0 Å². The fourth-order valence-electron chi connectivity index (χ4n) is 2.89. The molecule has 1 aliphatic rings. The predicted octanol–water partition coefficient (Wildman–Crippen LogP) is 4.03. The second-order valence-electron chi connectivity index (χ2n) is 7.23. The molecule has 3 nitrogen and oxygen atoms in total. The van der Waals surface area contributed by atoms with Crippen LogP contribution in [0.3, 0.4) is 0 Å². The summed E-state index contributed by atoms with van der Waals surface area (Å²) in [7, 11) is 0. The van der Waals surface area contributed by atoms with Gasteiger partial charge in [0.05, 0.1) is 0 Å². The van der Waals surface area contributed by atoms with Crippen LogP contribution >= 0.6 is 0 Å². The number of hydrogen-bond acceptors (Lipinski definition) is 3. The van der Waals surface area contributed by atoms with Crippen LogP contribution in [-0.2, 0) is 20.7 Å². The standard InChI is InChI=1S/C20H26O3/c1-15-6-8-16(9-7-15)10-11-18(22)23-14-17(21)20(4)13-5-12-19(20,2)3/h5-9,12H,10-11,13-14H2,1-4H3/t20-/m0/s1. The first-order valence-electron chi connectivity index (χ1n) is 8.17. The molecular weight excluding hydrogens is 288 g/mol. The molecule has 1 aromatic carbocycles. The summed E-state index contributed by atoms with van der Waals surface area (Å²) in [6.45, 7) is 7.95. The second-order valence-corrected chi connectivity index (χ2v) is 7.23. The van der Waals surface area contributed by atoms with E-state index in [-0.39, 0.29) is 23.8 Å². The summed E-state index contributed by atoms with van der Waals surface area (Å²) in [5.74, 6) is -0.317. The molecule has 2 rings (SSSR count). The van der Waals surface area contributed by atoms with Crippen LogP contribution < -0.4 is 0 Å². The molecule has 0 bridgehead atoms. The highest BCUT2D eigenvalue weighted by Crippen LogP contribution is 2.48. The molecule has 0 saturated carbocycles. The topological polar surface area (TPSA) is 43.4 Å². The molecule has 1 atom stereocenters. The van der Waals surface area contributed by atoms with Crippen molar-refractivity contribution < 1.29 is 14.3 Å². The average Bonchev–Trinajstić information content (AvgIpc) is 2.78. The Labute approximate surface area is 138 Å². The molecule has 0 spiro atoms. The Kier molecular flexibility index (Phi) is 5.08. The quantitative estimate of drug-likeness (QED) is 0.588. The molecule has 0 fully saturated rings. The number of hydrogen-bond donors (Lipinski definition) is 0. The largest absolute Gasteiger partial charge is 0.458 e. The molecule has 0 radical (unpaired) electrons. The maximum absolute atomic E-state index is 12.5. The summed E-state index contributed by atoms with van der Waals surface area (Å²) < 4.78 is 5.20. The minimum Gasteiger partial charge on any atom is -0.458 e. The summed E-state index contributed by atoms with van der Waals surface area (Å²) in [4.78, 5) is 24.4. The van der Waals surface area contributed by atoms with E-state index >= 15 is 0 Å². The van der Waals surface area contributed by atoms with Crippen LogP contribution in [-0.4, -0.2) is 18.4 Å². The number of rotatable bonds is 6. The molecule has 0 saturated heterocycles. The van der Waals surface area contributed by atoms with Crippen LogP contribution in [0.1, 0.15) is 44.7 Å². The lowest BCUT2D eigenvalue weighted by Crippen LogP contribution is -2.40. The van der Waals surface area contributed by atoms with Crippen LogP contribution in [0.25, 0.3) is 0 Å². The number of esters is 1. The van der Waals surface area contributed by atoms with Crippen LogP contribution in [0.5, 0.6) is 0 Å². The lowest BCUT2D eigenvalue weighted by Gasteiger charge is -2.36. The molecule has 1 aromatic rings. The average molecular weight is 314 g/mol. The van der Waals surface area contributed by atoms with Crippen LogP contribution in [0, 0.1) is 17.8 Å². The molecular formula is C20H26O3. The van der Waals surface area contributed by atoms with E-state index in [2.05, 4.69) is 6.08 Å². The molecule has 0 amide bonds. The lowest BCUT2D eigenvalue weighted by molar-refractivity contribution is -0.152. The maximum Gasteiger partial charge on any atom is 0.306 e. The molecule has 0 N–H and O–H groups in total. The Hall–Kier alpha value is -1.90. The Morgan fingerprint density at radius 1 is 1.13 bits per heavy atom. The Balaban J connectivity index is 1.80. The number of carbonyl (C=O) groups excluding carboxylic acids is 2. The fraction of sp³-hybridized carbons (Fsp3) is 0.500. The zero-order chi connectivity index (χ0) is 17.1. The molecule has 0 heterocycles. The van der Waals surface area contributed by atoms with E-state index in [0.717, 1.165) is 5.56 Å². The van der Waals surface area contributed by atoms with Crippen molar-refractivity contribution in [2.75, 3.05) is 6.61 Å². The highest BCUT2D eigenvalue weighted by Gasteiger charge is 2.47. The first-order valence-corrected chi connectivity index (χ1v) is 8.17. The van der Waals surface area contributed by atoms with Gasteiger partial charge in [0.25, 0.3) is 0 Å². The van der Waals surface area contributed by atoms with Crippen LogP contribution in [0.15, 0.2) is 36.4 Å². The van der Waals surface area contributed by atoms with Crippen molar-refractivity contribution in [2.45, 2.75) is 47.0 Å². The van der Waals surface area contributed by atoms with E-state index in [4.69, 9.17) is 4.74 Å². The van der Waals surface area contributed by atoms with Gasteiger partial charge in [-0.3, -0.25) is 9.59 Å². The van der Waals surface area contributed by atoms with Gasteiger partial charge in [0, 0.05) is 11.8 Å². The molecule has 23 heavy (non-hydrogen) atoms. The fourth-order valence-corrected chi connectivity index (χ4v) is 2.89. The van der Waals surface area contributed by atoms with Gasteiger partial charge in [-0.25, -0.2) is 0 Å². The summed E-state index contributed by atoms with van der Waals surface area (Å²) in [6.07, 6.45) is 5.76. The van der Waals surface area contributed by atoms with Gasteiger partial charge in [-0.1, -0.05) is 62.8 Å². The highest BCUT2D eigenvalue weighted by molar-refractivity contribution is 5.89. The van der Waals surface area contributed by atoms with E-state index in [9.17, 15) is 9.59 Å². The normalized spacial score (nSPS) is 22.1. The van der Waals surface area contributed by atoms with Crippen LogP contribution in [0.4, 0.5) is 0 Å². The molecule has 0 aliphatic heterocycles. The van der Waals surface area contributed by atoms with Crippen molar-refractivity contribution in [1.29, 1.82) is 0 Å². The van der Waals surface area contributed by atoms with E-state index in [1.807, 2.05) is 58.0 Å². The SMILES string of the molecule is Cc1ccc(CCC(=O)OCC(=O)[C@]2(C)CC=CC2(C)C)cc1. The monoisotopic (exact) mass is 314 g/mol. The summed E-state index contributed by atoms with van der Waals surface area (Å²) in [6, 6.07) is 8.09. The van der Waals surface area contributed by atoms with Gasteiger partial charge >= 0.3 is 5.97 Å². The van der Waals surface area contributed by atoms with Gasteiger partial charge < -0.3 is 4.74 Å². The molecule has 0 unspecified atom stereocenters. The third kappa shape index (κ3) is 3.90. The van der Waals surface area contributed by atoms with E-state index in [1.165, 1.54) is 5.56 Å². The summed E-state index contributed by atoms with van der Waals surface area (Å²) >= 11 is 0. The van der Waals surface area contributed by atoms with Crippen molar-refractivity contribution in [3.63, 3.8) is 0 Å². The predicted molar refractivity (Wildman–Crippen MR) is 91.1 cm³/mol. The van der Waals surface area contributed by atoms with Crippen molar-refractivity contribution >= 4 is 11.8 Å². The minimum absolute atomic E-state index is 0.00353. The number of Topliss-reactive ketones (excluding diaryl/α,β-unsaturated/α-hetero) is 1. The minimum atomic E-state index is -0.482. The Morgan fingerprint density at radius 2 is 1.78 bits per heavy atom. The first-order chi connectivity index (χ1) is 10.7. The van der Waals surface area contributed by atoms with Crippen molar-refractivity contribution in [2.24, 2.45) is 10.8 Å². The van der Waals surface area contributed by atoms with Gasteiger partial charge in [0.1, 0.15) is 0 Å². The van der Waals surface area contributed by atoms with Crippen molar-refractivity contribution in [3.05, 3.63) is 47.5 Å². The number of aryl methyl sites for hydroxylation is 2. The summed E-state index contributed by atoms with van der Waals surface area (Å²) in [5, 5.41) is 0. The van der Waals surface area contributed by atoms with Gasteiger partial charge in [0.2, 0.25) is 0 Å². The number of benzene rings is 1. The van der Waals surface area contributed by atoms with E-state index in [1.54, 1.807) is 0 Å². The molecule has 3 heteroatoms. The zero-order valence-electron chi connectivity index (χ0n) is 14.5. The van der Waals surface area contributed by atoms with Crippen molar-refractivity contribution in [1.82, 2.24) is 0 Å². The highest BCUT2D eigenvalue weighted by atomic mass is 16.5. The third-order valence-electron chi connectivity index (χ3n) is 5.20. The number of ether oxygens (including phenoxy) is 1. The first kappa shape index (κ1) is 17.5. The maximum atomic E-state index is 12.5. The number of allylic oxidation sites excluding steroid dienone is 2. The van der Waals surface area contributed by atoms with Gasteiger partial charge in [-0.05, 0) is 30.7 Å². The second kappa shape index (κ2) is 6.69. The molecule has 0 aromatic heterocycles. The number of carbonyl (C=O) groups is 2. The lowest BCUT2D eigenvalue weighted by atomic mass is 9.66. The van der Waals surface area contributed by atoms with Gasteiger partial charge in [-0.15, -0.1) is 0 Å². The smallest absolute Gasteiger partial charge is 0.306 e. The Morgan fingerprint density at radius 3 is 2.35 bits per heavy atom. The molecule has 124 valence electrons. The van der Waals surface area contributed by atoms with Crippen molar-refractivity contribution in [3.8, 4) is 0 Å². The summed E-state index contributed by atoms with van der Waals surface area (Å²) in [5.41, 5.74) is 1.62.